The zero-order valence-corrected chi connectivity index (χ0v) is 10.9. The predicted molar refractivity (Wildman–Crippen MR) is 75.5 cm³/mol. The fourth-order valence-electron chi connectivity index (χ4n) is 2.12. The number of halogens is 2. The first-order valence-corrected chi connectivity index (χ1v) is 6.11. The quantitative estimate of drug-likeness (QED) is 0.690. The summed E-state index contributed by atoms with van der Waals surface area (Å²) < 4.78 is 15.1. The SMILES string of the molecule is Cn1c(-c2cc(N)ccc2Cl)nc2ccc(F)cc21. The van der Waals surface area contributed by atoms with Gasteiger partial charge in [0.25, 0.3) is 0 Å². The van der Waals surface area contributed by atoms with Crippen molar-refractivity contribution in [1.82, 2.24) is 9.55 Å². The highest BCUT2D eigenvalue weighted by molar-refractivity contribution is 6.33. The van der Waals surface area contributed by atoms with Crippen LogP contribution in [0.3, 0.4) is 0 Å². The lowest BCUT2D eigenvalue weighted by atomic mass is 10.2. The molecule has 1 heterocycles. The lowest BCUT2D eigenvalue weighted by molar-refractivity contribution is 0.629. The summed E-state index contributed by atoms with van der Waals surface area (Å²) in [5.41, 5.74) is 8.56. The lowest BCUT2D eigenvalue weighted by Gasteiger charge is -2.05. The lowest BCUT2D eigenvalue weighted by Crippen LogP contribution is -1.95. The molecule has 0 saturated heterocycles. The molecule has 1 aromatic heterocycles. The number of nitrogens with zero attached hydrogens (tertiary/aromatic N) is 2. The molecular formula is C14H11ClFN3. The van der Waals surface area contributed by atoms with Gasteiger partial charge in [-0.3, -0.25) is 0 Å². The van der Waals surface area contributed by atoms with E-state index in [0.717, 1.165) is 11.1 Å². The highest BCUT2D eigenvalue weighted by atomic mass is 35.5. The summed E-state index contributed by atoms with van der Waals surface area (Å²) in [5, 5.41) is 0.563. The molecule has 0 atom stereocenters. The van der Waals surface area contributed by atoms with Crippen molar-refractivity contribution in [2.24, 2.45) is 7.05 Å². The third kappa shape index (κ3) is 1.94. The van der Waals surface area contributed by atoms with E-state index in [0.29, 0.717) is 22.1 Å². The minimum absolute atomic E-state index is 0.291. The summed E-state index contributed by atoms with van der Waals surface area (Å²) in [6.07, 6.45) is 0. The Balaban J connectivity index is 2.31. The van der Waals surface area contributed by atoms with Crippen LogP contribution in [-0.2, 0) is 7.05 Å². The van der Waals surface area contributed by atoms with E-state index in [4.69, 9.17) is 17.3 Å². The second kappa shape index (κ2) is 4.24. The summed E-state index contributed by atoms with van der Waals surface area (Å²) in [6.45, 7) is 0. The van der Waals surface area contributed by atoms with Gasteiger partial charge in [0.1, 0.15) is 11.6 Å². The van der Waals surface area contributed by atoms with Crippen molar-refractivity contribution in [3.63, 3.8) is 0 Å². The van der Waals surface area contributed by atoms with Crippen LogP contribution in [0.5, 0.6) is 0 Å². The molecule has 2 aromatic carbocycles. The van der Waals surface area contributed by atoms with Crippen molar-refractivity contribution in [3.05, 3.63) is 47.2 Å². The van der Waals surface area contributed by atoms with Crippen molar-refractivity contribution >= 4 is 28.3 Å². The van der Waals surface area contributed by atoms with Gasteiger partial charge in [-0.2, -0.15) is 0 Å². The normalized spacial score (nSPS) is 11.1. The van der Waals surface area contributed by atoms with Gasteiger partial charge in [-0.15, -0.1) is 0 Å². The van der Waals surface area contributed by atoms with E-state index in [-0.39, 0.29) is 5.82 Å². The van der Waals surface area contributed by atoms with E-state index in [2.05, 4.69) is 4.98 Å². The third-order valence-corrected chi connectivity index (χ3v) is 3.40. The van der Waals surface area contributed by atoms with Crippen LogP contribution in [-0.4, -0.2) is 9.55 Å². The first-order chi connectivity index (χ1) is 9.06. The Kier molecular flexibility index (Phi) is 2.68. The minimum atomic E-state index is -0.291. The Bertz CT molecular complexity index is 780. The molecule has 0 aliphatic heterocycles. The molecule has 0 unspecified atom stereocenters. The fraction of sp³-hybridized carbons (Fsp3) is 0.0714. The third-order valence-electron chi connectivity index (χ3n) is 3.07. The number of nitrogen functional groups attached to an aromatic ring is 1. The van der Waals surface area contributed by atoms with E-state index in [1.165, 1.54) is 12.1 Å². The molecule has 0 fully saturated rings. The number of hydrogen-bond acceptors (Lipinski definition) is 2. The van der Waals surface area contributed by atoms with Gasteiger partial charge in [-0.25, -0.2) is 9.37 Å². The van der Waals surface area contributed by atoms with E-state index >= 15 is 0 Å². The second-order valence-corrected chi connectivity index (χ2v) is 4.77. The molecule has 0 aliphatic carbocycles. The first kappa shape index (κ1) is 12.0. The van der Waals surface area contributed by atoms with Crippen LogP contribution in [0.1, 0.15) is 0 Å². The summed E-state index contributed by atoms with van der Waals surface area (Å²) in [7, 11) is 1.82. The van der Waals surface area contributed by atoms with E-state index in [1.807, 2.05) is 7.05 Å². The Morgan fingerprint density at radius 2 is 2.00 bits per heavy atom. The molecule has 3 rings (SSSR count). The second-order valence-electron chi connectivity index (χ2n) is 4.37. The van der Waals surface area contributed by atoms with E-state index in [9.17, 15) is 4.39 Å². The van der Waals surface area contributed by atoms with Gasteiger partial charge in [-0.05, 0) is 36.4 Å². The van der Waals surface area contributed by atoms with Gasteiger partial charge in [0, 0.05) is 18.3 Å². The van der Waals surface area contributed by atoms with Crippen LogP contribution in [0.4, 0.5) is 10.1 Å². The standard InChI is InChI=1S/C14H11ClFN3/c1-19-13-6-8(16)2-5-12(13)18-14(19)10-7-9(17)3-4-11(10)15/h2-7H,17H2,1H3. The Morgan fingerprint density at radius 1 is 1.21 bits per heavy atom. The van der Waals surface area contributed by atoms with Gasteiger partial charge in [0.05, 0.1) is 16.1 Å². The average Bonchev–Trinajstić information content (AvgIpc) is 2.70. The summed E-state index contributed by atoms with van der Waals surface area (Å²) >= 11 is 6.18. The number of rotatable bonds is 1. The number of benzene rings is 2. The Hall–Kier alpha value is -2.07. The number of nitrogens with two attached hydrogens (primary N) is 1. The van der Waals surface area contributed by atoms with Gasteiger partial charge in [-0.1, -0.05) is 11.6 Å². The molecule has 0 saturated carbocycles. The molecule has 3 nitrogen and oxygen atoms in total. The number of aryl methyl sites for hydroxylation is 1. The highest BCUT2D eigenvalue weighted by Gasteiger charge is 2.13. The monoisotopic (exact) mass is 275 g/mol. The maximum atomic E-state index is 13.3. The molecule has 0 aliphatic rings. The van der Waals surface area contributed by atoms with E-state index in [1.54, 1.807) is 28.8 Å². The molecule has 0 spiro atoms. The maximum Gasteiger partial charge on any atom is 0.142 e. The van der Waals surface area contributed by atoms with Crippen LogP contribution in [0.25, 0.3) is 22.4 Å². The van der Waals surface area contributed by atoms with Gasteiger partial charge >= 0.3 is 0 Å². The van der Waals surface area contributed by atoms with Gasteiger partial charge in [0.2, 0.25) is 0 Å². The predicted octanol–water partition coefficient (Wildman–Crippen LogP) is 3.62. The summed E-state index contributed by atoms with van der Waals surface area (Å²) in [6, 6.07) is 9.71. The van der Waals surface area contributed by atoms with E-state index < -0.39 is 0 Å². The van der Waals surface area contributed by atoms with Crippen molar-refractivity contribution < 1.29 is 4.39 Å². The van der Waals surface area contributed by atoms with Crippen molar-refractivity contribution in [1.29, 1.82) is 0 Å². The molecule has 2 N–H and O–H groups in total. The van der Waals surface area contributed by atoms with Crippen LogP contribution < -0.4 is 5.73 Å². The van der Waals surface area contributed by atoms with Crippen LogP contribution in [0, 0.1) is 5.82 Å². The molecule has 0 radical (unpaired) electrons. The zero-order chi connectivity index (χ0) is 13.6. The van der Waals surface area contributed by atoms with Crippen molar-refractivity contribution in [3.8, 4) is 11.4 Å². The zero-order valence-electron chi connectivity index (χ0n) is 10.2. The Morgan fingerprint density at radius 3 is 2.79 bits per heavy atom. The van der Waals surface area contributed by atoms with Crippen LogP contribution in [0.2, 0.25) is 5.02 Å². The molecular weight excluding hydrogens is 265 g/mol. The first-order valence-electron chi connectivity index (χ1n) is 5.73. The number of anilines is 1. The molecule has 0 bridgehead atoms. The van der Waals surface area contributed by atoms with Crippen LogP contribution >= 0.6 is 11.6 Å². The largest absolute Gasteiger partial charge is 0.399 e. The molecule has 3 aromatic rings. The fourth-order valence-corrected chi connectivity index (χ4v) is 2.32. The molecule has 5 heteroatoms. The number of hydrogen-bond donors (Lipinski definition) is 1. The molecule has 19 heavy (non-hydrogen) atoms. The smallest absolute Gasteiger partial charge is 0.142 e. The molecule has 0 amide bonds. The van der Waals surface area contributed by atoms with Crippen molar-refractivity contribution in [2.45, 2.75) is 0 Å². The van der Waals surface area contributed by atoms with Gasteiger partial charge < -0.3 is 10.3 Å². The van der Waals surface area contributed by atoms with Crippen LogP contribution in [0.15, 0.2) is 36.4 Å². The maximum absolute atomic E-state index is 13.3. The number of aromatic nitrogens is 2. The number of fused-ring (bicyclic) bond motifs is 1. The number of imidazole rings is 1. The minimum Gasteiger partial charge on any atom is -0.399 e. The Labute approximate surface area is 114 Å². The van der Waals surface area contributed by atoms with Gasteiger partial charge in [0.15, 0.2) is 0 Å². The highest BCUT2D eigenvalue weighted by Crippen LogP contribution is 2.31. The van der Waals surface area contributed by atoms with Crippen molar-refractivity contribution in [2.75, 3.05) is 5.73 Å². The average molecular weight is 276 g/mol. The summed E-state index contributed by atoms with van der Waals surface area (Å²) in [4.78, 5) is 4.48. The topological polar surface area (TPSA) is 43.8 Å². The molecule has 96 valence electrons. The summed E-state index contributed by atoms with van der Waals surface area (Å²) in [5.74, 6) is 0.374.